The van der Waals surface area contributed by atoms with Crippen molar-refractivity contribution < 1.29 is 4.74 Å². The average molecular weight is 219 g/mol. The highest BCUT2D eigenvalue weighted by Gasteiger charge is 2.34. The maximum atomic E-state index is 6.09. The molecular weight excluding hydrogens is 198 g/mol. The second-order valence-corrected chi connectivity index (χ2v) is 4.49. The van der Waals surface area contributed by atoms with E-state index in [1.807, 2.05) is 0 Å². The molecule has 1 aliphatic rings. The zero-order valence-electron chi connectivity index (χ0n) is 10.0. The lowest BCUT2D eigenvalue weighted by Crippen LogP contribution is -2.47. The molecule has 2 nitrogen and oxygen atoms in total. The largest absolute Gasteiger partial charge is 0.368 e. The Labute approximate surface area is 98.0 Å². The fraction of sp³-hybridized carbons (Fsp3) is 0.571. The molecule has 16 heavy (non-hydrogen) atoms. The summed E-state index contributed by atoms with van der Waals surface area (Å²) in [6, 6.07) is 10.6. The molecule has 1 aromatic carbocycles. The van der Waals surface area contributed by atoms with E-state index in [0.29, 0.717) is 0 Å². The van der Waals surface area contributed by atoms with Gasteiger partial charge in [0, 0.05) is 13.1 Å². The van der Waals surface area contributed by atoms with Gasteiger partial charge < -0.3 is 10.1 Å². The van der Waals surface area contributed by atoms with E-state index in [-0.39, 0.29) is 5.60 Å². The highest BCUT2D eigenvalue weighted by molar-refractivity contribution is 5.23. The van der Waals surface area contributed by atoms with Crippen LogP contribution in [0.4, 0.5) is 0 Å². The standard InChI is InChI=1S/C14H21NO/c1-2-3-9-14(12-15-10-11-16-14)13-7-5-4-6-8-13/h4-8,15H,2-3,9-12H2,1H3. The second kappa shape index (κ2) is 5.46. The van der Waals surface area contributed by atoms with Gasteiger partial charge >= 0.3 is 0 Å². The molecule has 0 amide bonds. The van der Waals surface area contributed by atoms with Crippen LogP contribution < -0.4 is 5.32 Å². The minimum absolute atomic E-state index is 0.0878. The van der Waals surface area contributed by atoms with Gasteiger partial charge in [-0.3, -0.25) is 0 Å². The molecule has 0 radical (unpaired) electrons. The van der Waals surface area contributed by atoms with Crippen molar-refractivity contribution in [3.05, 3.63) is 35.9 Å². The first-order chi connectivity index (χ1) is 7.87. The Kier molecular flexibility index (Phi) is 3.97. The van der Waals surface area contributed by atoms with Crippen LogP contribution in [-0.4, -0.2) is 19.7 Å². The lowest BCUT2D eigenvalue weighted by Gasteiger charge is -2.38. The molecule has 1 unspecified atom stereocenters. The Bertz CT molecular complexity index is 304. The summed E-state index contributed by atoms with van der Waals surface area (Å²) in [4.78, 5) is 0. The van der Waals surface area contributed by atoms with Crippen LogP contribution in [0.2, 0.25) is 0 Å². The maximum Gasteiger partial charge on any atom is 0.106 e. The number of morpholine rings is 1. The summed E-state index contributed by atoms with van der Waals surface area (Å²) in [6.45, 7) is 4.96. The van der Waals surface area contributed by atoms with Crippen molar-refractivity contribution >= 4 is 0 Å². The molecule has 1 aliphatic heterocycles. The van der Waals surface area contributed by atoms with E-state index >= 15 is 0 Å². The monoisotopic (exact) mass is 219 g/mol. The molecule has 1 N–H and O–H groups in total. The highest BCUT2D eigenvalue weighted by Crippen LogP contribution is 2.32. The van der Waals surface area contributed by atoms with Crippen molar-refractivity contribution in [2.45, 2.75) is 31.8 Å². The Morgan fingerprint density at radius 3 is 2.75 bits per heavy atom. The third-order valence-electron chi connectivity index (χ3n) is 3.30. The quantitative estimate of drug-likeness (QED) is 0.840. The zero-order chi connectivity index (χ0) is 11.3. The molecule has 1 saturated heterocycles. The lowest BCUT2D eigenvalue weighted by atomic mass is 9.87. The molecule has 0 saturated carbocycles. The molecular formula is C14H21NO. The van der Waals surface area contributed by atoms with E-state index < -0.39 is 0 Å². The van der Waals surface area contributed by atoms with Gasteiger partial charge in [-0.15, -0.1) is 0 Å². The third kappa shape index (κ3) is 2.45. The number of ether oxygens (including phenoxy) is 1. The summed E-state index contributed by atoms with van der Waals surface area (Å²) in [5.41, 5.74) is 1.23. The van der Waals surface area contributed by atoms with Crippen LogP contribution in [-0.2, 0) is 10.3 Å². The number of benzene rings is 1. The maximum absolute atomic E-state index is 6.09. The summed E-state index contributed by atoms with van der Waals surface area (Å²) in [7, 11) is 0. The van der Waals surface area contributed by atoms with Crippen molar-refractivity contribution in [1.82, 2.24) is 5.32 Å². The Morgan fingerprint density at radius 1 is 1.31 bits per heavy atom. The van der Waals surface area contributed by atoms with E-state index in [4.69, 9.17) is 4.74 Å². The molecule has 1 aromatic rings. The average Bonchev–Trinajstić information content (AvgIpc) is 2.38. The molecule has 1 fully saturated rings. The van der Waals surface area contributed by atoms with Crippen LogP contribution in [0.3, 0.4) is 0 Å². The SMILES string of the molecule is CCCCC1(c2ccccc2)CNCCO1. The number of hydrogen-bond donors (Lipinski definition) is 1. The highest BCUT2D eigenvalue weighted by atomic mass is 16.5. The molecule has 88 valence electrons. The van der Waals surface area contributed by atoms with Gasteiger partial charge in [0.2, 0.25) is 0 Å². The van der Waals surface area contributed by atoms with Gasteiger partial charge in [-0.2, -0.15) is 0 Å². The molecule has 2 rings (SSSR count). The number of unbranched alkanes of at least 4 members (excludes halogenated alkanes) is 1. The third-order valence-corrected chi connectivity index (χ3v) is 3.30. The van der Waals surface area contributed by atoms with Crippen LogP contribution in [0.25, 0.3) is 0 Å². The van der Waals surface area contributed by atoms with Crippen LogP contribution in [0, 0.1) is 0 Å². The van der Waals surface area contributed by atoms with Crippen molar-refractivity contribution in [2.75, 3.05) is 19.7 Å². The predicted octanol–water partition coefficient (Wildman–Crippen LogP) is 2.69. The van der Waals surface area contributed by atoms with Crippen molar-refractivity contribution in [1.29, 1.82) is 0 Å². The van der Waals surface area contributed by atoms with E-state index in [0.717, 1.165) is 26.1 Å². The summed E-state index contributed by atoms with van der Waals surface area (Å²) in [5.74, 6) is 0. The molecule has 0 spiro atoms. The van der Waals surface area contributed by atoms with Crippen LogP contribution in [0.15, 0.2) is 30.3 Å². The molecule has 1 heterocycles. The lowest BCUT2D eigenvalue weighted by molar-refractivity contribution is -0.0780. The normalized spacial score (nSPS) is 25.6. The van der Waals surface area contributed by atoms with E-state index in [1.54, 1.807) is 0 Å². The van der Waals surface area contributed by atoms with E-state index in [2.05, 4.69) is 42.6 Å². The minimum Gasteiger partial charge on any atom is -0.368 e. The summed E-state index contributed by atoms with van der Waals surface area (Å²) >= 11 is 0. The molecule has 1 atom stereocenters. The molecule has 0 bridgehead atoms. The van der Waals surface area contributed by atoms with Crippen LogP contribution in [0.1, 0.15) is 31.7 Å². The fourth-order valence-corrected chi connectivity index (χ4v) is 2.35. The number of hydrogen-bond acceptors (Lipinski definition) is 2. The Hall–Kier alpha value is -0.860. The predicted molar refractivity (Wildman–Crippen MR) is 66.5 cm³/mol. The second-order valence-electron chi connectivity index (χ2n) is 4.49. The first-order valence-corrected chi connectivity index (χ1v) is 6.27. The van der Waals surface area contributed by atoms with Crippen molar-refractivity contribution in [2.24, 2.45) is 0 Å². The van der Waals surface area contributed by atoms with Crippen LogP contribution in [0.5, 0.6) is 0 Å². The van der Waals surface area contributed by atoms with Gasteiger partial charge in [0.25, 0.3) is 0 Å². The van der Waals surface area contributed by atoms with Crippen molar-refractivity contribution in [3.8, 4) is 0 Å². The summed E-state index contributed by atoms with van der Waals surface area (Å²) < 4.78 is 6.09. The number of rotatable bonds is 4. The molecule has 0 aliphatic carbocycles. The van der Waals surface area contributed by atoms with Crippen LogP contribution >= 0.6 is 0 Å². The topological polar surface area (TPSA) is 21.3 Å². The molecule has 2 heteroatoms. The van der Waals surface area contributed by atoms with Gasteiger partial charge in [-0.1, -0.05) is 50.1 Å². The zero-order valence-corrected chi connectivity index (χ0v) is 10.0. The van der Waals surface area contributed by atoms with Gasteiger partial charge in [0.1, 0.15) is 5.60 Å². The summed E-state index contributed by atoms with van der Waals surface area (Å²) in [6.07, 6.45) is 3.55. The summed E-state index contributed by atoms with van der Waals surface area (Å²) in [5, 5.41) is 3.46. The minimum atomic E-state index is -0.0878. The van der Waals surface area contributed by atoms with Gasteiger partial charge in [-0.05, 0) is 12.0 Å². The van der Waals surface area contributed by atoms with Gasteiger partial charge in [0.15, 0.2) is 0 Å². The Morgan fingerprint density at radius 2 is 2.12 bits per heavy atom. The smallest absolute Gasteiger partial charge is 0.106 e. The van der Waals surface area contributed by atoms with Gasteiger partial charge in [-0.25, -0.2) is 0 Å². The fourth-order valence-electron chi connectivity index (χ4n) is 2.35. The van der Waals surface area contributed by atoms with E-state index in [1.165, 1.54) is 18.4 Å². The first kappa shape index (κ1) is 11.6. The van der Waals surface area contributed by atoms with Crippen molar-refractivity contribution in [3.63, 3.8) is 0 Å². The van der Waals surface area contributed by atoms with E-state index in [9.17, 15) is 0 Å². The molecule has 0 aromatic heterocycles. The van der Waals surface area contributed by atoms with Gasteiger partial charge in [0.05, 0.1) is 6.61 Å². The first-order valence-electron chi connectivity index (χ1n) is 6.27. The number of nitrogens with one attached hydrogen (secondary N) is 1. The Balaban J connectivity index is 2.19.